The summed E-state index contributed by atoms with van der Waals surface area (Å²) in [5.74, 6) is 0.485. The van der Waals surface area contributed by atoms with Crippen molar-refractivity contribution in [2.75, 3.05) is 18.1 Å². The minimum Gasteiger partial charge on any atom is -0.310 e. The van der Waals surface area contributed by atoms with Gasteiger partial charge < -0.3 is 5.32 Å². The maximum atomic E-state index is 11.5. The van der Waals surface area contributed by atoms with Crippen LogP contribution in [0.2, 0.25) is 5.02 Å². The van der Waals surface area contributed by atoms with Crippen molar-refractivity contribution >= 4 is 21.4 Å². The van der Waals surface area contributed by atoms with Gasteiger partial charge in [0.05, 0.1) is 5.75 Å². The Bertz CT molecular complexity index is 471. The second-order valence-electron chi connectivity index (χ2n) is 4.54. The molecule has 0 aromatic heterocycles. The van der Waals surface area contributed by atoms with Gasteiger partial charge in [-0.2, -0.15) is 0 Å². The molecule has 1 aromatic rings. The maximum Gasteiger partial charge on any atom is 0.150 e. The van der Waals surface area contributed by atoms with Gasteiger partial charge in [-0.25, -0.2) is 8.42 Å². The molecule has 0 heterocycles. The Morgan fingerprint density at radius 3 is 2.37 bits per heavy atom. The van der Waals surface area contributed by atoms with Crippen LogP contribution in [0, 0.1) is 0 Å². The molecular formula is C14H22ClNO2S. The van der Waals surface area contributed by atoms with Crippen LogP contribution >= 0.6 is 11.6 Å². The molecule has 0 bridgehead atoms. The first-order valence-corrected chi connectivity index (χ1v) is 8.87. The average molecular weight is 304 g/mol. The molecule has 0 radical (unpaired) electrons. The lowest BCUT2D eigenvalue weighted by molar-refractivity contribution is 0.506. The van der Waals surface area contributed by atoms with Gasteiger partial charge in [-0.1, -0.05) is 37.6 Å². The van der Waals surface area contributed by atoms with E-state index in [9.17, 15) is 8.42 Å². The third-order valence-electron chi connectivity index (χ3n) is 3.11. The highest BCUT2D eigenvalue weighted by molar-refractivity contribution is 7.91. The Morgan fingerprint density at radius 2 is 1.84 bits per heavy atom. The largest absolute Gasteiger partial charge is 0.310 e. The molecule has 0 amide bonds. The summed E-state index contributed by atoms with van der Waals surface area (Å²) in [7, 11) is -2.87. The number of hydrogen-bond acceptors (Lipinski definition) is 3. The van der Waals surface area contributed by atoms with Crippen molar-refractivity contribution in [1.29, 1.82) is 0 Å². The van der Waals surface area contributed by atoms with E-state index in [1.165, 1.54) is 0 Å². The molecule has 1 rings (SSSR count). The van der Waals surface area contributed by atoms with Crippen LogP contribution in [-0.2, 0) is 9.84 Å². The summed E-state index contributed by atoms with van der Waals surface area (Å²) in [5, 5.41) is 4.10. The fraction of sp³-hybridized carbons (Fsp3) is 0.571. The predicted octanol–water partition coefficient (Wildman–Crippen LogP) is 3.21. The Balaban J connectivity index is 2.61. The molecule has 1 atom stereocenters. The molecule has 1 unspecified atom stereocenters. The first-order valence-electron chi connectivity index (χ1n) is 6.67. The molecule has 1 aromatic carbocycles. The Kier molecular flexibility index (Phi) is 6.83. The van der Waals surface area contributed by atoms with E-state index in [-0.39, 0.29) is 17.5 Å². The van der Waals surface area contributed by atoms with Crippen LogP contribution < -0.4 is 5.32 Å². The Labute approximate surface area is 121 Å². The van der Waals surface area contributed by atoms with Gasteiger partial charge in [0.15, 0.2) is 0 Å². The topological polar surface area (TPSA) is 46.2 Å². The van der Waals surface area contributed by atoms with Gasteiger partial charge >= 0.3 is 0 Å². The fourth-order valence-corrected chi connectivity index (χ4v) is 3.00. The number of hydrogen-bond donors (Lipinski definition) is 1. The highest BCUT2D eigenvalue weighted by Crippen LogP contribution is 2.21. The van der Waals surface area contributed by atoms with Crippen molar-refractivity contribution in [2.24, 2.45) is 0 Å². The summed E-state index contributed by atoms with van der Waals surface area (Å²) < 4.78 is 23.0. The number of nitrogens with one attached hydrogen (secondary N) is 1. The minimum absolute atomic E-state index is 0.189. The van der Waals surface area contributed by atoms with E-state index in [1.54, 1.807) is 6.92 Å². The summed E-state index contributed by atoms with van der Waals surface area (Å²) in [4.78, 5) is 0. The smallest absolute Gasteiger partial charge is 0.150 e. The average Bonchev–Trinajstić information content (AvgIpc) is 2.39. The monoisotopic (exact) mass is 303 g/mol. The molecule has 0 saturated heterocycles. The molecule has 108 valence electrons. The Hall–Kier alpha value is -0.580. The van der Waals surface area contributed by atoms with E-state index in [2.05, 4.69) is 5.32 Å². The number of halogens is 1. The van der Waals surface area contributed by atoms with E-state index < -0.39 is 9.84 Å². The third kappa shape index (κ3) is 5.93. The minimum atomic E-state index is -2.87. The quantitative estimate of drug-likeness (QED) is 0.802. The highest BCUT2D eigenvalue weighted by Gasteiger charge is 2.13. The molecule has 5 heteroatoms. The van der Waals surface area contributed by atoms with Crippen LogP contribution in [0.25, 0.3) is 0 Å². The molecule has 0 aliphatic carbocycles. The van der Waals surface area contributed by atoms with Crippen LogP contribution in [0.15, 0.2) is 24.3 Å². The van der Waals surface area contributed by atoms with E-state index in [0.29, 0.717) is 11.4 Å². The van der Waals surface area contributed by atoms with Crippen LogP contribution in [0.5, 0.6) is 0 Å². The van der Waals surface area contributed by atoms with Crippen molar-refractivity contribution in [3.8, 4) is 0 Å². The Morgan fingerprint density at radius 1 is 1.21 bits per heavy atom. The normalized spacial score (nSPS) is 13.4. The first kappa shape index (κ1) is 16.5. The lowest BCUT2D eigenvalue weighted by atomic mass is 10.0. The van der Waals surface area contributed by atoms with E-state index in [0.717, 1.165) is 18.5 Å². The maximum absolute atomic E-state index is 11.5. The van der Waals surface area contributed by atoms with Crippen molar-refractivity contribution in [2.45, 2.75) is 32.7 Å². The molecule has 1 N–H and O–H groups in total. The summed E-state index contributed by atoms with van der Waals surface area (Å²) >= 11 is 5.88. The summed E-state index contributed by atoms with van der Waals surface area (Å²) in [6.45, 7) is 4.59. The van der Waals surface area contributed by atoms with Crippen LogP contribution in [0.1, 0.15) is 38.3 Å². The summed E-state index contributed by atoms with van der Waals surface area (Å²) in [5.41, 5.74) is 1.15. The van der Waals surface area contributed by atoms with Gasteiger partial charge in [0.1, 0.15) is 9.84 Å². The van der Waals surface area contributed by atoms with Crippen LogP contribution in [-0.4, -0.2) is 26.5 Å². The zero-order chi connectivity index (χ0) is 14.3. The van der Waals surface area contributed by atoms with Crippen LogP contribution in [0.4, 0.5) is 0 Å². The second-order valence-corrected chi connectivity index (χ2v) is 7.45. The van der Waals surface area contributed by atoms with Crippen molar-refractivity contribution in [3.63, 3.8) is 0 Å². The van der Waals surface area contributed by atoms with Gasteiger partial charge in [0, 0.05) is 16.8 Å². The standard InChI is InChI=1S/C14H22ClNO2S/c1-3-16-14(6-5-11-19(17,18)4-2)12-7-9-13(15)10-8-12/h7-10,14,16H,3-6,11H2,1-2H3. The van der Waals surface area contributed by atoms with Gasteiger partial charge in [-0.15, -0.1) is 0 Å². The molecule has 0 aliphatic heterocycles. The predicted molar refractivity (Wildman–Crippen MR) is 81.4 cm³/mol. The van der Waals surface area contributed by atoms with Gasteiger partial charge in [0.25, 0.3) is 0 Å². The van der Waals surface area contributed by atoms with Crippen molar-refractivity contribution < 1.29 is 8.42 Å². The van der Waals surface area contributed by atoms with Crippen LogP contribution in [0.3, 0.4) is 0 Å². The molecule has 0 aliphatic rings. The van der Waals surface area contributed by atoms with E-state index in [1.807, 2.05) is 31.2 Å². The van der Waals surface area contributed by atoms with Gasteiger partial charge in [-0.3, -0.25) is 0 Å². The lowest BCUT2D eigenvalue weighted by Crippen LogP contribution is -2.22. The molecule has 0 fully saturated rings. The highest BCUT2D eigenvalue weighted by atomic mass is 35.5. The van der Waals surface area contributed by atoms with Crippen molar-refractivity contribution in [3.05, 3.63) is 34.9 Å². The molecular weight excluding hydrogens is 282 g/mol. The summed E-state index contributed by atoms with van der Waals surface area (Å²) in [6, 6.07) is 7.90. The molecule has 3 nitrogen and oxygen atoms in total. The van der Waals surface area contributed by atoms with E-state index in [4.69, 9.17) is 11.6 Å². The SMILES string of the molecule is CCNC(CCCS(=O)(=O)CC)c1ccc(Cl)cc1. The second kappa shape index (κ2) is 7.88. The lowest BCUT2D eigenvalue weighted by Gasteiger charge is -2.18. The van der Waals surface area contributed by atoms with Gasteiger partial charge in [0.2, 0.25) is 0 Å². The zero-order valence-corrected chi connectivity index (χ0v) is 13.1. The first-order chi connectivity index (χ1) is 8.98. The van der Waals surface area contributed by atoms with E-state index >= 15 is 0 Å². The fourth-order valence-electron chi connectivity index (χ4n) is 1.98. The number of sulfone groups is 1. The zero-order valence-electron chi connectivity index (χ0n) is 11.5. The molecule has 0 spiro atoms. The molecule has 0 saturated carbocycles. The molecule has 19 heavy (non-hydrogen) atoms. The number of rotatable bonds is 8. The third-order valence-corrected chi connectivity index (χ3v) is 5.15. The van der Waals surface area contributed by atoms with Gasteiger partial charge in [-0.05, 0) is 37.1 Å². The van der Waals surface area contributed by atoms with Crippen molar-refractivity contribution in [1.82, 2.24) is 5.32 Å². The summed E-state index contributed by atoms with van der Waals surface area (Å²) in [6.07, 6.45) is 1.49. The number of benzene rings is 1.